The second-order valence-corrected chi connectivity index (χ2v) is 13.0. The zero-order chi connectivity index (χ0) is 30.1. The van der Waals surface area contributed by atoms with Crippen LogP contribution >= 0.6 is 22.7 Å². The van der Waals surface area contributed by atoms with Crippen LogP contribution in [0.2, 0.25) is 0 Å². The van der Waals surface area contributed by atoms with Crippen molar-refractivity contribution in [2.24, 2.45) is 17.8 Å². The Morgan fingerprint density at radius 2 is 1.88 bits per heavy atom. The summed E-state index contributed by atoms with van der Waals surface area (Å²) < 4.78 is 10.5. The predicted octanol–water partition coefficient (Wildman–Crippen LogP) is 4.81. The highest BCUT2D eigenvalue weighted by atomic mass is 32.1. The molecule has 1 aliphatic rings. The van der Waals surface area contributed by atoms with Crippen LogP contribution in [0.5, 0.6) is 0 Å². The largest absolute Gasteiger partial charge is 0.469 e. The molecule has 226 valence electrons. The number of hydrogen-bond acceptors (Lipinski definition) is 10. The minimum Gasteiger partial charge on any atom is -0.469 e. The zero-order valence-corrected chi connectivity index (χ0v) is 26.4. The van der Waals surface area contributed by atoms with Gasteiger partial charge in [-0.2, -0.15) is 0 Å². The Labute approximate surface area is 250 Å². The molecule has 0 saturated heterocycles. The van der Waals surface area contributed by atoms with Crippen LogP contribution in [-0.2, 0) is 30.3 Å². The number of nitrogens with one attached hydrogen (secondary N) is 1. The van der Waals surface area contributed by atoms with Gasteiger partial charge >= 0.3 is 11.9 Å². The number of rotatable bonds is 16. The van der Waals surface area contributed by atoms with Crippen LogP contribution in [0.15, 0.2) is 17.0 Å². The van der Waals surface area contributed by atoms with Gasteiger partial charge in [0.25, 0.3) is 5.91 Å². The maximum atomic E-state index is 13.3. The normalized spacial score (nSPS) is 16.0. The monoisotopic (exact) mass is 606 g/mol. The minimum atomic E-state index is -0.699. The van der Waals surface area contributed by atoms with E-state index in [2.05, 4.69) is 15.3 Å². The van der Waals surface area contributed by atoms with Crippen molar-refractivity contribution in [1.29, 1.82) is 0 Å². The Morgan fingerprint density at radius 3 is 2.46 bits per heavy atom. The third-order valence-electron chi connectivity index (χ3n) is 7.40. The summed E-state index contributed by atoms with van der Waals surface area (Å²) in [5, 5.41) is 7.84. The molecule has 4 atom stereocenters. The Kier molecular flexibility index (Phi) is 12.3. The fourth-order valence-electron chi connectivity index (χ4n) is 4.87. The lowest BCUT2D eigenvalue weighted by molar-refractivity contribution is -0.148. The molecule has 1 saturated carbocycles. The van der Waals surface area contributed by atoms with E-state index in [1.165, 1.54) is 49.5 Å². The van der Waals surface area contributed by atoms with Gasteiger partial charge in [-0.1, -0.05) is 33.6 Å². The molecule has 1 N–H and O–H groups in total. The smallest absolute Gasteiger partial charge is 0.308 e. The summed E-state index contributed by atoms with van der Waals surface area (Å²) in [6, 6.07) is -0.535. The molecule has 12 heteroatoms. The third-order valence-corrected chi connectivity index (χ3v) is 9.14. The van der Waals surface area contributed by atoms with Gasteiger partial charge in [-0.05, 0) is 24.7 Å². The summed E-state index contributed by atoms with van der Waals surface area (Å²) >= 11 is 2.72. The number of aromatic nitrogens is 2. The van der Waals surface area contributed by atoms with Crippen molar-refractivity contribution in [2.75, 3.05) is 14.2 Å². The average molecular weight is 607 g/mol. The molecule has 0 aliphatic heterocycles. The summed E-state index contributed by atoms with van der Waals surface area (Å²) in [6.07, 6.45) is 6.06. The first-order valence-corrected chi connectivity index (χ1v) is 15.9. The lowest BCUT2D eigenvalue weighted by atomic mass is 9.96. The maximum Gasteiger partial charge on any atom is 0.308 e. The van der Waals surface area contributed by atoms with E-state index in [4.69, 9.17) is 9.47 Å². The molecule has 2 heterocycles. The van der Waals surface area contributed by atoms with Gasteiger partial charge in [0.15, 0.2) is 6.10 Å². The first-order valence-electron chi connectivity index (χ1n) is 14.1. The van der Waals surface area contributed by atoms with Crippen molar-refractivity contribution in [3.63, 3.8) is 0 Å². The van der Waals surface area contributed by atoms with Gasteiger partial charge in [-0.3, -0.25) is 19.2 Å². The molecule has 1 aliphatic carbocycles. The van der Waals surface area contributed by atoms with E-state index in [0.29, 0.717) is 36.6 Å². The zero-order valence-electron chi connectivity index (χ0n) is 24.8. The fraction of sp³-hybridized carbons (Fsp3) is 0.655. The van der Waals surface area contributed by atoms with Gasteiger partial charge < -0.3 is 19.7 Å². The van der Waals surface area contributed by atoms with E-state index < -0.39 is 18.0 Å². The number of amides is 2. The van der Waals surface area contributed by atoms with Crippen LogP contribution in [0.1, 0.15) is 92.8 Å². The van der Waals surface area contributed by atoms with Crippen molar-refractivity contribution >= 4 is 46.4 Å². The number of thiazole rings is 2. The Hall–Kier alpha value is -2.86. The third kappa shape index (κ3) is 10.2. The highest BCUT2D eigenvalue weighted by molar-refractivity contribution is 7.10. The van der Waals surface area contributed by atoms with Crippen LogP contribution < -0.4 is 5.32 Å². The highest BCUT2D eigenvalue weighted by Gasteiger charge is 2.32. The van der Waals surface area contributed by atoms with Gasteiger partial charge in [-0.25, -0.2) is 9.97 Å². The van der Waals surface area contributed by atoms with E-state index in [-0.39, 0.29) is 41.5 Å². The standard InChI is InChI=1S/C29H42N4O6S2/c1-17(2)23(33(5)26(35)10-9-20-7-8-20)15-24(39-19(4)34)28-32-22(16-41-28)27(36)31-21(13-18(3)29(37)38-6)14-25-30-11-12-40-25/h11-12,16-18,20-21,23-24H,7-10,13-15H2,1-6H3,(H,31,36)/t18?,21-,23?,24?/m1/s1. The molecule has 3 unspecified atom stereocenters. The van der Waals surface area contributed by atoms with Gasteiger partial charge in [0.1, 0.15) is 10.7 Å². The predicted molar refractivity (Wildman–Crippen MR) is 157 cm³/mol. The lowest BCUT2D eigenvalue weighted by Gasteiger charge is -2.33. The van der Waals surface area contributed by atoms with Crippen molar-refractivity contribution in [3.8, 4) is 0 Å². The molecule has 1 fully saturated rings. The quantitative estimate of drug-likeness (QED) is 0.270. The van der Waals surface area contributed by atoms with E-state index in [9.17, 15) is 19.2 Å². The summed E-state index contributed by atoms with van der Waals surface area (Å²) in [4.78, 5) is 60.9. The van der Waals surface area contributed by atoms with E-state index in [1.807, 2.05) is 26.3 Å². The van der Waals surface area contributed by atoms with Gasteiger partial charge in [-0.15, -0.1) is 22.7 Å². The van der Waals surface area contributed by atoms with Crippen molar-refractivity contribution in [3.05, 3.63) is 32.7 Å². The molecule has 2 aromatic heterocycles. The molecular formula is C29H42N4O6S2. The molecule has 0 bridgehead atoms. The van der Waals surface area contributed by atoms with Crippen LogP contribution in [0, 0.1) is 17.8 Å². The van der Waals surface area contributed by atoms with E-state index in [0.717, 1.165) is 11.4 Å². The van der Waals surface area contributed by atoms with E-state index >= 15 is 0 Å². The fourth-order valence-corrected chi connectivity index (χ4v) is 6.41. The Balaban J connectivity index is 1.73. The van der Waals surface area contributed by atoms with Crippen LogP contribution in [0.3, 0.4) is 0 Å². The highest BCUT2D eigenvalue weighted by Crippen LogP contribution is 2.34. The van der Waals surface area contributed by atoms with Crippen molar-refractivity contribution in [2.45, 2.75) is 90.8 Å². The molecule has 0 spiro atoms. The molecular weight excluding hydrogens is 564 g/mol. The minimum absolute atomic E-state index is 0.0869. The molecule has 0 radical (unpaired) electrons. The SMILES string of the molecule is COC(=O)C(C)C[C@H](Cc1nccs1)NC(=O)c1csc(C(CC(C(C)C)N(C)C(=O)CCC2CC2)OC(C)=O)n1. The number of carbonyl (C=O) groups is 4. The van der Waals surface area contributed by atoms with Gasteiger partial charge in [0.05, 0.1) is 18.0 Å². The topological polar surface area (TPSA) is 128 Å². The first-order chi connectivity index (χ1) is 19.5. The summed E-state index contributed by atoms with van der Waals surface area (Å²) in [6.45, 7) is 7.18. The van der Waals surface area contributed by atoms with Crippen molar-refractivity contribution < 1.29 is 28.7 Å². The first kappa shape index (κ1) is 32.7. The Morgan fingerprint density at radius 1 is 1.15 bits per heavy atom. The second-order valence-electron chi connectivity index (χ2n) is 11.2. The summed E-state index contributed by atoms with van der Waals surface area (Å²) in [5.41, 5.74) is 0.201. The Bertz CT molecular complexity index is 1160. The number of carbonyl (C=O) groups excluding carboxylic acids is 4. The lowest BCUT2D eigenvalue weighted by Crippen LogP contribution is -2.41. The number of methoxy groups -OCH3 is 1. The number of ether oxygens (including phenoxy) is 2. The molecule has 0 aromatic carbocycles. The molecule has 2 aromatic rings. The van der Waals surface area contributed by atoms with Crippen molar-refractivity contribution in [1.82, 2.24) is 20.2 Å². The number of hydrogen-bond donors (Lipinski definition) is 1. The van der Waals surface area contributed by atoms with Gasteiger partial charge in [0.2, 0.25) is 5.91 Å². The summed E-state index contributed by atoms with van der Waals surface area (Å²) in [7, 11) is 3.15. The van der Waals surface area contributed by atoms with Crippen LogP contribution in [-0.4, -0.2) is 64.9 Å². The molecule has 10 nitrogen and oxygen atoms in total. The van der Waals surface area contributed by atoms with Gasteiger partial charge in [0, 0.05) is 62.3 Å². The van der Waals surface area contributed by atoms with Crippen LogP contribution in [0.25, 0.3) is 0 Å². The summed E-state index contributed by atoms with van der Waals surface area (Å²) in [5.74, 6) is -0.732. The average Bonchev–Trinajstić information content (AvgIpc) is 3.37. The number of nitrogens with zero attached hydrogens (tertiary/aromatic N) is 3. The molecule has 3 rings (SSSR count). The number of esters is 2. The molecule has 41 heavy (non-hydrogen) atoms. The maximum absolute atomic E-state index is 13.3. The van der Waals surface area contributed by atoms with E-state index in [1.54, 1.807) is 23.4 Å². The second kappa shape index (κ2) is 15.4. The molecule has 2 amide bonds. The van der Waals surface area contributed by atoms with Crippen LogP contribution in [0.4, 0.5) is 0 Å².